The van der Waals surface area contributed by atoms with Gasteiger partial charge in [-0.1, -0.05) is 6.07 Å². The van der Waals surface area contributed by atoms with Crippen molar-refractivity contribution in [3.63, 3.8) is 0 Å². The van der Waals surface area contributed by atoms with Crippen molar-refractivity contribution in [3.8, 4) is 22.6 Å². The molecule has 0 saturated carbocycles. The number of nitrogens with two attached hydrogens (primary N) is 1. The normalized spacial score (nSPS) is 10.3. The van der Waals surface area contributed by atoms with Gasteiger partial charge in [-0.3, -0.25) is 0 Å². The Labute approximate surface area is 111 Å². The summed E-state index contributed by atoms with van der Waals surface area (Å²) in [5.74, 6) is 1.03. The minimum Gasteiger partial charge on any atom is -0.497 e. The van der Waals surface area contributed by atoms with Gasteiger partial charge in [-0.05, 0) is 41.5 Å². The fourth-order valence-electron chi connectivity index (χ4n) is 2.00. The lowest BCUT2D eigenvalue weighted by Crippen LogP contribution is -2.00. The van der Waals surface area contributed by atoms with Crippen molar-refractivity contribution in [2.45, 2.75) is 6.54 Å². The van der Waals surface area contributed by atoms with Gasteiger partial charge in [0, 0.05) is 12.1 Å². The van der Waals surface area contributed by atoms with Crippen molar-refractivity contribution < 1.29 is 13.9 Å². The van der Waals surface area contributed by atoms with Gasteiger partial charge in [-0.25, -0.2) is 4.39 Å². The maximum Gasteiger partial charge on any atom is 0.126 e. The maximum absolute atomic E-state index is 13.5. The first-order valence-corrected chi connectivity index (χ1v) is 5.90. The molecule has 0 amide bonds. The molecule has 0 bridgehead atoms. The van der Waals surface area contributed by atoms with Gasteiger partial charge in [-0.15, -0.1) is 0 Å². The van der Waals surface area contributed by atoms with Crippen LogP contribution in [0, 0.1) is 5.82 Å². The van der Waals surface area contributed by atoms with E-state index in [1.807, 2.05) is 6.07 Å². The Hall–Kier alpha value is -2.07. The van der Waals surface area contributed by atoms with E-state index in [2.05, 4.69) is 0 Å². The molecule has 0 heterocycles. The van der Waals surface area contributed by atoms with Crippen LogP contribution in [-0.2, 0) is 6.54 Å². The minimum absolute atomic E-state index is 0.308. The molecule has 2 N–H and O–H groups in total. The first-order chi connectivity index (χ1) is 9.19. The molecule has 0 spiro atoms. The molecule has 2 aromatic rings. The summed E-state index contributed by atoms with van der Waals surface area (Å²) in [7, 11) is 3.16. The van der Waals surface area contributed by atoms with Crippen LogP contribution in [0.15, 0.2) is 36.4 Å². The second kappa shape index (κ2) is 5.71. The predicted molar refractivity (Wildman–Crippen MR) is 72.8 cm³/mol. The fourth-order valence-corrected chi connectivity index (χ4v) is 2.00. The van der Waals surface area contributed by atoms with Crippen LogP contribution in [0.1, 0.15) is 5.56 Å². The molecular weight excluding hydrogens is 245 g/mol. The fraction of sp³-hybridized carbons (Fsp3) is 0.200. The standard InChI is InChI=1S/C15H16FNO2/c1-18-12-5-6-15(19-2)14(8-12)13-7-11(16)4-3-10(13)9-17/h3-8H,9,17H2,1-2H3. The van der Waals surface area contributed by atoms with E-state index in [1.54, 1.807) is 32.4 Å². The van der Waals surface area contributed by atoms with Crippen molar-refractivity contribution in [2.24, 2.45) is 5.73 Å². The number of halogens is 1. The molecule has 19 heavy (non-hydrogen) atoms. The van der Waals surface area contributed by atoms with E-state index in [0.29, 0.717) is 18.0 Å². The van der Waals surface area contributed by atoms with E-state index >= 15 is 0 Å². The lowest BCUT2D eigenvalue weighted by molar-refractivity contribution is 0.404. The molecule has 0 aliphatic rings. The maximum atomic E-state index is 13.5. The molecule has 0 aliphatic heterocycles. The Bertz CT molecular complexity index is 584. The van der Waals surface area contributed by atoms with Gasteiger partial charge < -0.3 is 15.2 Å². The second-order valence-electron chi connectivity index (χ2n) is 4.07. The van der Waals surface area contributed by atoms with Crippen molar-refractivity contribution in [3.05, 3.63) is 47.8 Å². The molecule has 0 aliphatic carbocycles. The molecule has 0 saturated heterocycles. The average Bonchev–Trinajstić information content (AvgIpc) is 2.46. The highest BCUT2D eigenvalue weighted by molar-refractivity contribution is 5.75. The van der Waals surface area contributed by atoms with E-state index < -0.39 is 0 Å². The van der Waals surface area contributed by atoms with Gasteiger partial charge in [0.2, 0.25) is 0 Å². The number of hydrogen-bond acceptors (Lipinski definition) is 3. The number of hydrogen-bond donors (Lipinski definition) is 1. The third-order valence-corrected chi connectivity index (χ3v) is 2.99. The molecule has 2 aromatic carbocycles. The van der Waals surface area contributed by atoms with Crippen LogP contribution >= 0.6 is 0 Å². The third kappa shape index (κ3) is 2.69. The summed E-state index contributed by atoms with van der Waals surface area (Å²) in [5.41, 5.74) is 8.05. The van der Waals surface area contributed by atoms with Crippen LogP contribution in [0.3, 0.4) is 0 Å². The molecule has 2 rings (SSSR count). The van der Waals surface area contributed by atoms with Gasteiger partial charge >= 0.3 is 0 Å². The lowest BCUT2D eigenvalue weighted by atomic mass is 9.98. The largest absolute Gasteiger partial charge is 0.497 e. The minimum atomic E-state index is -0.308. The molecule has 100 valence electrons. The summed E-state index contributed by atoms with van der Waals surface area (Å²) in [6.45, 7) is 0.329. The highest BCUT2D eigenvalue weighted by Crippen LogP contribution is 2.35. The average molecular weight is 261 g/mol. The molecule has 0 atom stereocenters. The monoisotopic (exact) mass is 261 g/mol. The van der Waals surface area contributed by atoms with Crippen molar-refractivity contribution >= 4 is 0 Å². The Balaban J connectivity index is 2.65. The number of benzene rings is 2. The van der Waals surface area contributed by atoms with Crippen molar-refractivity contribution in [1.82, 2.24) is 0 Å². The molecule has 0 radical (unpaired) electrons. The summed E-state index contributed by atoms with van der Waals surface area (Å²) in [5, 5.41) is 0. The molecule has 0 fully saturated rings. The molecular formula is C15H16FNO2. The first-order valence-electron chi connectivity index (χ1n) is 5.90. The summed E-state index contributed by atoms with van der Waals surface area (Å²) in [6.07, 6.45) is 0. The topological polar surface area (TPSA) is 44.5 Å². The van der Waals surface area contributed by atoms with Crippen LogP contribution in [-0.4, -0.2) is 14.2 Å². The quantitative estimate of drug-likeness (QED) is 0.920. The van der Waals surface area contributed by atoms with Crippen LogP contribution < -0.4 is 15.2 Å². The lowest BCUT2D eigenvalue weighted by Gasteiger charge is -2.13. The Morgan fingerprint density at radius 2 is 1.79 bits per heavy atom. The van der Waals surface area contributed by atoms with Crippen LogP contribution in [0.25, 0.3) is 11.1 Å². The van der Waals surface area contributed by atoms with Gasteiger partial charge in [0.1, 0.15) is 17.3 Å². The van der Waals surface area contributed by atoms with E-state index in [0.717, 1.165) is 16.7 Å². The molecule has 3 nitrogen and oxygen atoms in total. The number of ether oxygens (including phenoxy) is 2. The molecule has 4 heteroatoms. The van der Waals surface area contributed by atoms with Gasteiger partial charge in [0.15, 0.2) is 0 Å². The number of methoxy groups -OCH3 is 2. The Morgan fingerprint density at radius 1 is 1.00 bits per heavy atom. The first kappa shape index (κ1) is 13.4. The SMILES string of the molecule is COc1ccc(OC)c(-c2cc(F)ccc2CN)c1. The zero-order valence-electron chi connectivity index (χ0n) is 10.9. The van der Waals surface area contributed by atoms with Crippen LogP contribution in [0.5, 0.6) is 11.5 Å². The summed E-state index contributed by atoms with van der Waals surface area (Å²) < 4.78 is 24.0. The van der Waals surface area contributed by atoms with E-state index in [9.17, 15) is 4.39 Å². The van der Waals surface area contributed by atoms with E-state index in [4.69, 9.17) is 15.2 Å². The summed E-state index contributed by atoms with van der Waals surface area (Å²) in [6, 6.07) is 9.94. The zero-order valence-corrected chi connectivity index (χ0v) is 10.9. The highest BCUT2D eigenvalue weighted by atomic mass is 19.1. The predicted octanol–water partition coefficient (Wildman–Crippen LogP) is 2.97. The third-order valence-electron chi connectivity index (χ3n) is 2.99. The molecule has 0 unspecified atom stereocenters. The van der Waals surface area contributed by atoms with Crippen LogP contribution in [0.2, 0.25) is 0 Å². The van der Waals surface area contributed by atoms with Crippen LogP contribution in [0.4, 0.5) is 4.39 Å². The van der Waals surface area contributed by atoms with Gasteiger partial charge in [0.25, 0.3) is 0 Å². The Kier molecular flexibility index (Phi) is 4.02. The number of rotatable bonds is 4. The van der Waals surface area contributed by atoms with Crippen molar-refractivity contribution in [1.29, 1.82) is 0 Å². The Morgan fingerprint density at radius 3 is 2.42 bits per heavy atom. The van der Waals surface area contributed by atoms with Crippen molar-refractivity contribution in [2.75, 3.05) is 14.2 Å². The zero-order chi connectivity index (χ0) is 13.8. The molecule has 0 aromatic heterocycles. The van der Waals surface area contributed by atoms with Gasteiger partial charge in [-0.2, -0.15) is 0 Å². The summed E-state index contributed by atoms with van der Waals surface area (Å²) >= 11 is 0. The van der Waals surface area contributed by atoms with E-state index in [1.165, 1.54) is 12.1 Å². The van der Waals surface area contributed by atoms with E-state index in [-0.39, 0.29) is 5.82 Å². The summed E-state index contributed by atoms with van der Waals surface area (Å²) in [4.78, 5) is 0. The van der Waals surface area contributed by atoms with Gasteiger partial charge in [0.05, 0.1) is 14.2 Å². The highest BCUT2D eigenvalue weighted by Gasteiger charge is 2.12. The smallest absolute Gasteiger partial charge is 0.126 e. The second-order valence-corrected chi connectivity index (χ2v) is 4.07.